The number of rotatable bonds is 4. The van der Waals surface area contributed by atoms with E-state index in [1.54, 1.807) is 6.20 Å². The zero-order chi connectivity index (χ0) is 41.1. The highest BCUT2D eigenvalue weighted by Gasteiger charge is 2.27. The second kappa shape index (κ2) is 12.8. The second-order valence-corrected chi connectivity index (χ2v) is 15.7. The van der Waals surface area contributed by atoms with Gasteiger partial charge in [-0.15, -0.1) is 0 Å². The number of nitrogens with zero attached hydrogens (tertiary/aromatic N) is 5. The molecule has 0 saturated heterocycles. The molecule has 5 heterocycles. The fraction of sp³-hybridized carbons (Fsp3) is 0. The Balaban J connectivity index is 1.20. The minimum atomic E-state index is 0.462. The predicted octanol–water partition coefficient (Wildman–Crippen LogP) is 14.2. The van der Waals surface area contributed by atoms with Crippen molar-refractivity contribution in [3.63, 3.8) is 0 Å². The summed E-state index contributed by atoms with van der Waals surface area (Å²) in [5.41, 5.74) is 12.7. The summed E-state index contributed by atoms with van der Waals surface area (Å²) in [7, 11) is 0. The molecule has 7 nitrogen and oxygen atoms in total. The van der Waals surface area contributed by atoms with Crippen molar-refractivity contribution in [3.05, 3.63) is 187 Å². The SMILES string of the molecule is N#Cc1ccc(-n2c3ccccc3c3c4oc5ccccc5c4ccc32)c(-c2cc(C#N)cc(-c3ccccn3)c2-n2c3ccccc3c3c4oc5ccccc5c4ccc32)c1. The van der Waals surface area contributed by atoms with Gasteiger partial charge in [-0.1, -0.05) is 78.9 Å². The number of hydrogen-bond acceptors (Lipinski definition) is 5. The second-order valence-electron chi connectivity index (χ2n) is 15.7. The Morgan fingerprint density at radius 1 is 0.419 bits per heavy atom. The molecule has 286 valence electrons. The highest BCUT2D eigenvalue weighted by Crippen LogP contribution is 2.48. The smallest absolute Gasteiger partial charge is 0.145 e. The van der Waals surface area contributed by atoms with Gasteiger partial charge in [-0.25, -0.2) is 0 Å². The number of aromatic nitrogens is 3. The molecule has 7 heteroatoms. The number of hydrogen-bond donors (Lipinski definition) is 0. The van der Waals surface area contributed by atoms with Crippen molar-refractivity contribution in [3.8, 4) is 45.9 Å². The average molecular weight is 792 g/mol. The highest BCUT2D eigenvalue weighted by atomic mass is 16.3. The summed E-state index contributed by atoms with van der Waals surface area (Å²) in [5.74, 6) is 0. The van der Waals surface area contributed by atoms with Gasteiger partial charge in [0.1, 0.15) is 22.3 Å². The highest BCUT2D eigenvalue weighted by molar-refractivity contribution is 6.25. The molecule has 0 saturated carbocycles. The van der Waals surface area contributed by atoms with E-state index >= 15 is 0 Å². The first-order valence-electron chi connectivity index (χ1n) is 20.4. The van der Waals surface area contributed by atoms with Crippen LogP contribution >= 0.6 is 0 Å². The first-order valence-corrected chi connectivity index (χ1v) is 20.4. The molecule has 13 aromatic rings. The van der Waals surface area contributed by atoms with Crippen LogP contribution in [0, 0.1) is 22.7 Å². The van der Waals surface area contributed by atoms with Gasteiger partial charge in [-0.05, 0) is 91.0 Å². The largest absolute Gasteiger partial charge is 0.455 e. The van der Waals surface area contributed by atoms with Crippen molar-refractivity contribution in [1.82, 2.24) is 14.1 Å². The van der Waals surface area contributed by atoms with E-state index in [1.165, 1.54) is 0 Å². The van der Waals surface area contributed by atoms with Crippen LogP contribution in [0.15, 0.2) is 185 Å². The first-order chi connectivity index (χ1) is 30.7. The number of furan rings is 2. The Morgan fingerprint density at radius 3 is 1.56 bits per heavy atom. The van der Waals surface area contributed by atoms with Crippen molar-refractivity contribution in [2.75, 3.05) is 0 Å². The van der Waals surface area contributed by atoms with Crippen LogP contribution in [0.1, 0.15) is 11.1 Å². The third-order valence-electron chi connectivity index (χ3n) is 12.4. The maximum atomic E-state index is 10.8. The van der Waals surface area contributed by atoms with Gasteiger partial charge in [0.15, 0.2) is 0 Å². The van der Waals surface area contributed by atoms with Gasteiger partial charge in [0.25, 0.3) is 0 Å². The summed E-state index contributed by atoms with van der Waals surface area (Å²) in [6, 6.07) is 62.1. The summed E-state index contributed by atoms with van der Waals surface area (Å²) < 4.78 is 17.9. The molecular formula is C55H29N5O2. The molecule has 8 aromatic carbocycles. The Bertz CT molecular complexity index is 4130. The molecule has 0 fully saturated rings. The van der Waals surface area contributed by atoms with E-state index in [2.05, 4.69) is 106 Å². The van der Waals surface area contributed by atoms with Crippen LogP contribution in [-0.4, -0.2) is 14.1 Å². The molecule has 0 amide bonds. The molecule has 0 N–H and O–H groups in total. The predicted molar refractivity (Wildman–Crippen MR) is 248 cm³/mol. The van der Waals surface area contributed by atoms with Crippen LogP contribution in [-0.2, 0) is 0 Å². The molecule has 0 aliphatic carbocycles. The fourth-order valence-electron chi connectivity index (χ4n) is 9.85. The van der Waals surface area contributed by atoms with Crippen molar-refractivity contribution in [1.29, 1.82) is 10.5 Å². The summed E-state index contributed by atoms with van der Waals surface area (Å²) >= 11 is 0. The van der Waals surface area contributed by atoms with Gasteiger partial charge in [-0.3, -0.25) is 4.98 Å². The Kier molecular flexibility index (Phi) is 7.02. The minimum Gasteiger partial charge on any atom is -0.455 e. The van der Waals surface area contributed by atoms with Gasteiger partial charge in [-0.2, -0.15) is 10.5 Å². The van der Waals surface area contributed by atoms with Crippen LogP contribution in [0.5, 0.6) is 0 Å². The van der Waals surface area contributed by atoms with Crippen LogP contribution < -0.4 is 0 Å². The summed E-state index contributed by atoms with van der Waals surface area (Å²) in [5, 5.41) is 29.6. The number of fused-ring (bicyclic) bond motifs is 14. The van der Waals surface area contributed by atoms with E-state index in [0.717, 1.165) is 116 Å². The molecule has 0 unspecified atom stereocenters. The fourth-order valence-corrected chi connectivity index (χ4v) is 9.85. The number of para-hydroxylation sites is 4. The van der Waals surface area contributed by atoms with Gasteiger partial charge in [0.05, 0.1) is 73.2 Å². The van der Waals surface area contributed by atoms with E-state index < -0.39 is 0 Å². The molecule has 0 atom stereocenters. The maximum Gasteiger partial charge on any atom is 0.145 e. The molecule has 5 aromatic heterocycles. The molecule has 0 spiro atoms. The Morgan fingerprint density at radius 2 is 0.952 bits per heavy atom. The van der Waals surface area contributed by atoms with Gasteiger partial charge in [0.2, 0.25) is 0 Å². The Labute approximate surface area is 352 Å². The summed E-state index contributed by atoms with van der Waals surface area (Å²) in [6.07, 6.45) is 1.78. The third kappa shape index (κ3) is 4.65. The van der Waals surface area contributed by atoms with Gasteiger partial charge in [0, 0.05) is 55.2 Å². The van der Waals surface area contributed by atoms with E-state index in [4.69, 9.17) is 13.8 Å². The number of benzene rings is 8. The van der Waals surface area contributed by atoms with E-state index in [1.807, 2.05) is 84.9 Å². The summed E-state index contributed by atoms with van der Waals surface area (Å²) in [4.78, 5) is 4.89. The zero-order valence-corrected chi connectivity index (χ0v) is 32.8. The minimum absolute atomic E-state index is 0.462. The normalized spacial score (nSPS) is 11.8. The lowest BCUT2D eigenvalue weighted by Gasteiger charge is -2.22. The van der Waals surface area contributed by atoms with Gasteiger partial charge < -0.3 is 18.0 Å². The van der Waals surface area contributed by atoms with E-state index in [9.17, 15) is 10.5 Å². The molecule has 0 bridgehead atoms. The average Bonchev–Trinajstić information content (AvgIpc) is 4.09. The van der Waals surface area contributed by atoms with Gasteiger partial charge >= 0.3 is 0 Å². The molecule has 0 aliphatic rings. The summed E-state index contributed by atoms with van der Waals surface area (Å²) in [6.45, 7) is 0. The first kappa shape index (κ1) is 34.0. The molecular weight excluding hydrogens is 763 g/mol. The van der Waals surface area contributed by atoms with Crippen LogP contribution in [0.3, 0.4) is 0 Å². The topological polar surface area (TPSA) is 96.6 Å². The lowest BCUT2D eigenvalue weighted by molar-refractivity contribution is 0.672. The quantitative estimate of drug-likeness (QED) is 0.177. The molecule has 62 heavy (non-hydrogen) atoms. The zero-order valence-electron chi connectivity index (χ0n) is 32.8. The number of nitriles is 2. The third-order valence-corrected chi connectivity index (χ3v) is 12.4. The van der Waals surface area contributed by atoms with E-state index in [0.29, 0.717) is 16.8 Å². The molecule has 13 rings (SSSR count). The van der Waals surface area contributed by atoms with Crippen molar-refractivity contribution in [2.45, 2.75) is 0 Å². The monoisotopic (exact) mass is 791 g/mol. The van der Waals surface area contributed by atoms with Crippen molar-refractivity contribution < 1.29 is 8.83 Å². The lowest BCUT2D eigenvalue weighted by atomic mass is 9.92. The van der Waals surface area contributed by atoms with Crippen molar-refractivity contribution >= 4 is 87.5 Å². The van der Waals surface area contributed by atoms with E-state index in [-0.39, 0.29) is 0 Å². The number of pyridine rings is 1. The van der Waals surface area contributed by atoms with Crippen LogP contribution in [0.25, 0.3) is 121 Å². The molecule has 0 radical (unpaired) electrons. The lowest BCUT2D eigenvalue weighted by Crippen LogP contribution is -2.05. The van der Waals surface area contributed by atoms with Crippen LogP contribution in [0.2, 0.25) is 0 Å². The van der Waals surface area contributed by atoms with Crippen LogP contribution in [0.4, 0.5) is 0 Å². The molecule has 0 aliphatic heterocycles. The Hall–Kier alpha value is -8.91. The maximum absolute atomic E-state index is 10.8. The standard InChI is InChI=1S/C55H29N5O2/c56-30-32-20-23-46(59-44-16-5-1-13-38(44)51-47(59)24-21-36-34-11-3-7-18-49(34)61-54(36)51)40(27-32)41-28-33(31-57)29-42(43-15-9-10-26-58-43)53(41)60-45-17-6-2-14-39(45)52-48(60)25-22-37-35-12-4-8-19-50(35)62-55(37)52/h1-29H. The van der Waals surface area contributed by atoms with Crippen molar-refractivity contribution in [2.24, 2.45) is 0 Å².